The second-order valence-corrected chi connectivity index (χ2v) is 7.59. The summed E-state index contributed by atoms with van der Waals surface area (Å²) in [4.78, 5) is 0. The Morgan fingerprint density at radius 2 is 1.67 bits per heavy atom. The van der Waals surface area contributed by atoms with Gasteiger partial charge in [0.25, 0.3) is 0 Å². The third-order valence-electron chi connectivity index (χ3n) is 4.89. The largest absolute Gasteiger partial charge is 0.213 e. The van der Waals surface area contributed by atoms with Crippen molar-refractivity contribution < 1.29 is 4.57 Å². The Kier molecular flexibility index (Phi) is 4.45. The molecule has 24 heavy (non-hydrogen) atoms. The quantitative estimate of drug-likeness (QED) is 0.565. The van der Waals surface area contributed by atoms with Gasteiger partial charge < -0.3 is 0 Å². The van der Waals surface area contributed by atoms with Crippen LogP contribution in [0.3, 0.4) is 0 Å². The maximum atomic E-state index is 2.34. The third-order valence-corrected chi connectivity index (χ3v) is 4.89. The Hall–Kier alpha value is -2.15. The van der Waals surface area contributed by atoms with Crippen LogP contribution in [0.4, 0.5) is 0 Å². The Morgan fingerprint density at radius 3 is 2.38 bits per heavy atom. The van der Waals surface area contributed by atoms with E-state index in [0.717, 1.165) is 6.42 Å². The molecule has 3 rings (SSSR count). The van der Waals surface area contributed by atoms with Crippen LogP contribution in [-0.2, 0) is 13.5 Å². The fourth-order valence-corrected chi connectivity index (χ4v) is 3.57. The van der Waals surface area contributed by atoms with E-state index < -0.39 is 0 Å². The molecular formula is C23H28N+. The maximum Gasteiger partial charge on any atom is 0.213 e. The van der Waals surface area contributed by atoms with Gasteiger partial charge in [0.05, 0.1) is 0 Å². The monoisotopic (exact) mass is 318 g/mol. The number of benzene rings is 2. The molecule has 124 valence electrons. The molecule has 1 heterocycles. The molecule has 0 N–H and O–H groups in total. The van der Waals surface area contributed by atoms with Gasteiger partial charge in [-0.05, 0) is 67.3 Å². The van der Waals surface area contributed by atoms with E-state index in [-0.39, 0.29) is 0 Å². The lowest BCUT2D eigenvalue weighted by Gasteiger charge is -2.11. The highest BCUT2D eigenvalue weighted by Gasteiger charge is 2.16. The Balaban J connectivity index is 2.15. The minimum atomic E-state index is 0.688. The molecule has 1 heteroatoms. The molecule has 0 spiro atoms. The molecule has 0 saturated carbocycles. The van der Waals surface area contributed by atoms with E-state index in [2.05, 4.69) is 88.8 Å². The highest BCUT2D eigenvalue weighted by atomic mass is 14.9. The molecule has 0 aliphatic heterocycles. The molecule has 0 aliphatic carbocycles. The summed E-state index contributed by atoms with van der Waals surface area (Å²) in [7, 11) is 2.15. The number of rotatable bonds is 3. The Bertz CT molecular complexity index is 904. The van der Waals surface area contributed by atoms with Crippen molar-refractivity contribution in [3.8, 4) is 11.3 Å². The molecule has 0 fully saturated rings. The first-order valence-electron chi connectivity index (χ1n) is 8.85. The smallest absolute Gasteiger partial charge is 0.200 e. The van der Waals surface area contributed by atoms with Gasteiger partial charge in [-0.2, -0.15) is 0 Å². The fourth-order valence-electron chi connectivity index (χ4n) is 3.57. The number of aromatic nitrogens is 1. The van der Waals surface area contributed by atoms with E-state index in [4.69, 9.17) is 0 Å². The summed E-state index contributed by atoms with van der Waals surface area (Å²) in [5.74, 6) is 0.688. The lowest BCUT2D eigenvalue weighted by Crippen LogP contribution is -2.30. The topological polar surface area (TPSA) is 3.88 Å². The van der Waals surface area contributed by atoms with Gasteiger partial charge in [-0.25, -0.2) is 4.57 Å². The summed E-state index contributed by atoms with van der Waals surface area (Å²) in [6.45, 7) is 11.1. The van der Waals surface area contributed by atoms with Gasteiger partial charge >= 0.3 is 0 Å². The summed E-state index contributed by atoms with van der Waals surface area (Å²) in [5, 5.41) is 2.63. The molecule has 0 aliphatic rings. The van der Waals surface area contributed by atoms with Gasteiger partial charge in [-0.3, -0.25) is 0 Å². The fraction of sp³-hybridized carbons (Fsp3) is 0.348. The first-order chi connectivity index (χ1) is 11.3. The van der Waals surface area contributed by atoms with Crippen molar-refractivity contribution in [1.82, 2.24) is 0 Å². The zero-order chi connectivity index (χ0) is 17.4. The van der Waals surface area contributed by atoms with E-state index in [9.17, 15) is 0 Å². The van der Waals surface area contributed by atoms with Crippen LogP contribution in [0.15, 0.2) is 42.6 Å². The molecule has 2 aromatic carbocycles. The van der Waals surface area contributed by atoms with Crippen LogP contribution >= 0.6 is 0 Å². The van der Waals surface area contributed by atoms with Crippen LogP contribution in [0, 0.1) is 26.7 Å². The number of pyridine rings is 1. The predicted octanol–water partition coefficient (Wildman–Crippen LogP) is 5.46. The van der Waals surface area contributed by atoms with E-state index in [1.54, 1.807) is 0 Å². The van der Waals surface area contributed by atoms with Crippen LogP contribution in [0.1, 0.15) is 36.1 Å². The van der Waals surface area contributed by atoms with Crippen molar-refractivity contribution in [3.05, 3.63) is 64.8 Å². The Morgan fingerprint density at radius 1 is 0.917 bits per heavy atom. The average Bonchev–Trinajstić information content (AvgIpc) is 2.49. The lowest BCUT2D eigenvalue weighted by molar-refractivity contribution is -0.659. The van der Waals surface area contributed by atoms with Crippen molar-refractivity contribution in [2.24, 2.45) is 13.0 Å². The summed E-state index contributed by atoms with van der Waals surface area (Å²) < 4.78 is 2.27. The zero-order valence-corrected chi connectivity index (χ0v) is 15.8. The number of aryl methyl sites for hydroxylation is 3. The van der Waals surface area contributed by atoms with E-state index in [1.807, 2.05) is 0 Å². The number of nitrogens with zero attached hydrogens (tertiary/aromatic N) is 1. The summed E-state index contributed by atoms with van der Waals surface area (Å²) >= 11 is 0. The first kappa shape index (κ1) is 16.7. The molecule has 0 radical (unpaired) electrons. The molecule has 0 amide bonds. The standard InChI is InChI=1S/C23H28N/c1-15(2)9-19-7-8-20-13-23(24(6)14-21(20)12-19)22-11-16(3)10-17(4)18(22)5/h7-8,10-15H,9H2,1-6H3/q+1. The second kappa shape index (κ2) is 6.39. The van der Waals surface area contributed by atoms with Gasteiger partial charge in [-0.15, -0.1) is 0 Å². The number of hydrogen-bond donors (Lipinski definition) is 0. The van der Waals surface area contributed by atoms with Crippen molar-refractivity contribution in [2.75, 3.05) is 0 Å². The van der Waals surface area contributed by atoms with E-state index in [1.165, 1.54) is 44.3 Å². The third kappa shape index (κ3) is 3.21. The van der Waals surface area contributed by atoms with Crippen molar-refractivity contribution >= 4 is 10.8 Å². The van der Waals surface area contributed by atoms with Crippen LogP contribution < -0.4 is 4.57 Å². The van der Waals surface area contributed by atoms with Crippen LogP contribution in [0.5, 0.6) is 0 Å². The highest BCUT2D eigenvalue weighted by molar-refractivity contribution is 5.85. The van der Waals surface area contributed by atoms with E-state index in [0.29, 0.717) is 5.92 Å². The molecular weight excluding hydrogens is 290 g/mol. The first-order valence-corrected chi connectivity index (χ1v) is 8.85. The minimum Gasteiger partial charge on any atom is -0.200 e. The molecule has 0 saturated heterocycles. The van der Waals surface area contributed by atoms with E-state index >= 15 is 0 Å². The lowest BCUT2D eigenvalue weighted by atomic mass is 9.95. The average molecular weight is 318 g/mol. The number of hydrogen-bond acceptors (Lipinski definition) is 0. The van der Waals surface area contributed by atoms with Crippen LogP contribution in [0.2, 0.25) is 0 Å². The Labute approximate surface area is 146 Å². The minimum absolute atomic E-state index is 0.688. The van der Waals surface area contributed by atoms with Crippen molar-refractivity contribution in [3.63, 3.8) is 0 Å². The molecule has 0 bridgehead atoms. The van der Waals surface area contributed by atoms with Gasteiger partial charge in [0, 0.05) is 17.0 Å². The van der Waals surface area contributed by atoms with Crippen molar-refractivity contribution in [1.29, 1.82) is 0 Å². The number of fused-ring (bicyclic) bond motifs is 1. The van der Waals surface area contributed by atoms with Gasteiger partial charge in [0.15, 0.2) is 6.20 Å². The zero-order valence-electron chi connectivity index (χ0n) is 15.8. The van der Waals surface area contributed by atoms with Crippen LogP contribution in [-0.4, -0.2) is 0 Å². The molecule has 0 unspecified atom stereocenters. The highest BCUT2D eigenvalue weighted by Crippen LogP contribution is 2.27. The molecule has 3 aromatic rings. The molecule has 1 nitrogen and oxygen atoms in total. The van der Waals surface area contributed by atoms with Crippen molar-refractivity contribution in [2.45, 2.75) is 41.0 Å². The van der Waals surface area contributed by atoms with Crippen LogP contribution in [0.25, 0.3) is 22.0 Å². The summed E-state index contributed by atoms with van der Waals surface area (Å²) in [5.41, 5.74) is 8.09. The van der Waals surface area contributed by atoms with Gasteiger partial charge in [0.1, 0.15) is 7.05 Å². The SMILES string of the molecule is Cc1cc(C)c(C)c(-c2cc3ccc(CC(C)C)cc3c[n+]2C)c1. The van der Waals surface area contributed by atoms with Gasteiger partial charge in [0.2, 0.25) is 5.69 Å². The maximum absolute atomic E-state index is 2.34. The summed E-state index contributed by atoms with van der Waals surface area (Å²) in [6, 6.07) is 13.8. The predicted molar refractivity (Wildman–Crippen MR) is 103 cm³/mol. The molecule has 0 atom stereocenters. The molecule has 1 aromatic heterocycles. The summed E-state index contributed by atoms with van der Waals surface area (Å²) in [6.07, 6.45) is 3.41. The normalized spacial score (nSPS) is 11.5. The van der Waals surface area contributed by atoms with Gasteiger partial charge in [-0.1, -0.05) is 37.6 Å². The second-order valence-electron chi connectivity index (χ2n) is 7.59.